The predicted molar refractivity (Wildman–Crippen MR) is 82.9 cm³/mol. The van der Waals surface area contributed by atoms with Crippen LogP contribution in [0.2, 0.25) is 0 Å². The first-order valence-corrected chi connectivity index (χ1v) is 7.60. The topological polar surface area (TPSA) is 86.3 Å². The van der Waals surface area contributed by atoms with Gasteiger partial charge in [0.25, 0.3) is 5.56 Å². The lowest BCUT2D eigenvalue weighted by Gasteiger charge is -2.32. The summed E-state index contributed by atoms with van der Waals surface area (Å²) in [6.07, 6.45) is 3.21. The van der Waals surface area contributed by atoms with Crippen LogP contribution in [0.15, 0.2) is 29.1 Å². The van der Waals surface area contributed by atoms with E-state index in [1.807, 2.05) is 23.1 Å². The molecule has 6 heteroatoms. The second-order valence-electron chi connectivity index (χ2n) is 5.67. The van der Waals surface area contributed by atoms with Gasteiger partial charge in [-0.15, -0.1) is 0 Å². The number of aromatic nitrogens is 2. The Labute approximate surface area is 127 Å². The van der Waals surface area contributed by atoms with E-state index in [0.717, 1.165) is 19.4 Å². The standard InChI is InChI=1S/C16H19N3O3/c20-15-11-5-1-2-6-12(11)17-14(18-15)8-10-19-9-4-3-7-13(19)16(21)22/h1-2,5-6,13H,3-4,7-10H2,(H,21,22)(H,17,18,20). The second kappa shape index (κ2) is 6.27. The molecule has 1 aromatic carbocycles. The molecule has 1 aliphatic heterocycles. The Bertz CT molecular complexity index is 741. The van der Waals surface area contributed by atoms with Crippen molar-refractivity contribution in [2.75, 3.05) is 13.1 Å². The molecule has 2 heterocycles. The van der Waals surface area contributed by atoms with E-state index in [-0.39, 0.29) is 5.56 Å². The van der Waals surface area contributed by atoms with Crippen molar-refractivity contribution >= 4 is 16.9 Å². The first-order valence-electron chi connectivity index (χ1n) is 7.60. The molecule has 2 N–H and O–H groups in total. The number of aliphatic carboxylic acids is 1. The average molecular weight is 301 g/mol. The van der Waals surface area contributed by atoms with Crippen molar-refractivity contribution in [2.24, 2.45) is 0 Å². The smallest absolute Gasteiger partial charge is 0.320 e. The molecule has 3 rings (SSSR count). The zero-order chi connectivity index (χ0) is 15.5. The summed E-state index contributed by atoms with van der Waals surface area (Å²) >= 11 is 0. The van der Waals surface area contributed by atoms with Gasteiger partial charge in [0.15, 0.2) is 0 Å². The van der Waals surface area contributed by atoms with Crippen LogP contribution in [0.3, 0.4) is 0 Å². The summed E-state index contributed by atoms with van der Waals surface area (Å²) < 4.78 is 0. The van der Waals surface area contributed by atoms with E-state index in [1.54, 1.807) is 6.07 Å². The van der Waals surface area contributed by atoms with E-state index in [4.69, 9.17) is 0 Å². The summed E-state index contributed by atoms with van der Waals surface area (Å²) in [7, 11) is 0. The van der Waals surface area contributed by atoms with Crippen molar-refractivity contribution in [3.8, 4) is 0 Å². The van der Waals surface area contributed by atoms with Crippen LogP contribution in [0, 0.1) is 0 Å². The fourth-order valence-corrected chi connectivity index (χ4v) is 3.04. The molecule has 0 saturated carbocycles. The number of fused-ring (bicyclic) bond motifs is 1. The maximum atomic E-state index is 12.0. The number of carbonyl (C=O) groups is 1. The Balaban J connectivity index is 1.76. The number of likely N-dealkylation sites (tertiary alicyclic amines) is 1. The summed E-state index contributed by atoms with van der Waals surface area (Å²) in [4.78, 5) is 32.5. The van der Waals surface area contributed by atoms with Gasteiger partial charge in [-0.3, -0.25) is 14.5 Å². The fraction of sp³-hybridized carbons (Fsp3) is 0.438. The molecule has 0 radical (unpaired) electrons. The lowest BCUT2D eigenvalue weighted by Crippen LogP contribution is -2.45. The Morgan fingerprint density at radius 1 is 1.36 bits per heavy atom. The number of para-hydroxylation sites is 1. The zero-order valence-corrected chi connectivity index (χ0v) is 12.3. The van der Waals surface area contributed by atoms with Crippen LogP contribution >= 0.6 is 0 Å². The van der Waals surface area contributed by atoms with Crippen LogP contribution in [0.5, 0.6) is 0 Å². The van der Waals surface area contributed by atoms with Gasteiger partial charge in [0, 0.05) is 13.0 Å². The highest BCUT2D eigenvalue weighted by Crippen LogP contribution is 2.17. The van der Waals surface area contributed by atoms with Crippen LogP contribution in [-0.2, 0) is 11.2 Å². The van der Waals surface area contributed by atoms with Gasteiger partial charge >= 0.3 is 5.97 Å². The second-order valence-corrected chi connectivity index (χ2v) is 5.67. The molecule has 1 fully saturated rings. The van der Waals surface area contributed by atoms with E-state index in [2.05, 4.69) is 9.97 Å². The molecular formula is C16H19N3O3. The Hall–Kier alpha value is -2.21. The highest BCUT2D eigenvalue weighted by molar-refractivity contribution is 5.77. The monoisotopic (exact) mass is 301 g/mol. The third kappa shape index (κ3) is 3.01. The minimum atomic E-state index is -0.764. The van der Waals surface area contributed by atoms with Gasteiger partial charge in [-0.2, -0.15) is 0 Å². The number of carboxylic acid groups (broad SMARTS) is 1. The first kappa shape index (κ1) is 14.7. The molecule has 0 bridgehead atoms. The van der Waals surface area contributed by atoms with Gasteiger partial charge in [-0.25, -0.2) is 4.98 Å². The van der Waals surface area contributed by atoms with Crippen molar-refractivity contribution in [2.45, 2.75) is 31.7 Å². The van der Waals surface area contributed by atoms with Gasteiger partial charge in [0.2, 0.25) is 0 Å². The van der Waals surface area contributed by atoms with Crippen LogP contribution in [0.25, 0.3) is 10.9 Å². The number of piperidine rings is 1. The number of hydrogen-bond acceptors (Lipinski definition) is 4. The van der Waals surface area contributed by atoms with Crippen molar-refractivity contribution in [1.82, 2.24) is 14.9 Å². The first-order chi connectivity index (χ1) is 10.6. The minimum Gasteiger partial charge on any atom is -0.480 e. The molecule has 1 saturated heterocycles. The van der Waals surface area contributed by atoms with Crippen molar-refractivity contribution < 1.29 is 9.90 Å². The van der Waals surface area contributed by atoms with Crippen LogP contribution in [-0.4, -0.2) is 45.1 Å². The number of H-pyrrole nitrogens is 1. The summed E-state index contributed by atoms with van der Waals surface area (Å²) in [5.74, 6) is -0.155. The molecule has 1 aromatic heterocycles. The molecule has 1 aliphatic rings. The van der Waals surface area contributed by atoms with Crippen molar-refractivity contribution in [3.63, 3.8) is 0 Å². The minimum absolute atomic E-state index is 0.144. The van der Waals surface area contributed by atoms with Crippen LogP contribution in [0.4, 0.5) is 0 Å². The molecule has 116 valence electrons. The lowest BCUT2D eigenvalue weighted by molar-refractivity contribution is -0.144. The lowest BCUT2D eigenvalue weighted by atomic mass is 10.0. The molecule has 0 spiro atoms. The molecule has 0 aliphatic carbocycles. The number of rotatable bonds is 4. The van der Waals surface area contributed by atoms with Crippen molar-refractivity contribution in [1.29, 1.82) is 0 Å². The molecule has 22 heavy (non-hydrogen) atoms. The molecular weight excluding hydrogens is 282 g/mol. The third-order valence-corrected chi connectivity index (χ3v) is 4.20. The molecule has 1 unspecified atom stereocenters. The largest absolute Gasteiger partial charge is 0.480 e. The quantitative estimate of drug-likeness (QED) is 0.891. The van der Waals surface area contributed by atoms with Gasteiger partial charge in [-0.1, -0.05) is 18.6 Å². The third-order valence-electron chi connectivity index (χ3n) is 4.20. The number of carboxylic acids is 1. The summed E-state index contributed by atoms with van der Waals surface area (Å²) in [6, 6.07) is 6.81. The van der Waals surface area contributed by atoms with E-state index in [1.165, 1.54) is 0 Å². The van der Waals surface area contributed by atoms with Crippen LogP contribution in [0.1, 0.15) is 25.1 Å². The van der Waals surface area contributed by atoms with Gasteiger partial charge in [0.1, 0.15) is 11.9 Å². The summed E-state index contributed by atoms with van der Waals surface area (Å²) in [5.41, 5.74) is 0.531. The number of aromatic amines is 1. The molecule has 1 atom stereocenters. The highest BCUT2D eigenvalue weighted by atomic mass is 16.4. The number of hydrogen-bond donors (Lipinski definition) is 2. The molecule has 6 nitrogen and oxygen atoms in total. The zero-order valence-electron chi connectivity index (χ0n) is 12.3. The Morgan fingerprint density at radius 2 is 2.18 bits per heavy atom. The number of benzene rings is 1. The Morgan fingerprint density at radius 3 is 3.00 bits per heavy atom. The molecule has 0 amide bonds. The van der Waals surface area contributed by atoms with Gasteiger partial charge < -0.3 is 10.1 Å². The van der Waals surface area contributed by atoms with E-state index in [9.17, 15) is 14.7 Å². The maximum Gasteiger partial charge on any atom is 0.320 e. The summed E-state index contributed by atoms with van der Waals surface area (Å²) in [5, 5.41) is 9.85. The van der Waals surface area contributed by atoms with E-state index < -0.39 is 12.0 Å². The molecule has 2 aromatic rings. The van der Waals surface area contributed by atoms with E-state index >= 15 is 0 Å². The number of nitrogens with one attached hydrogen (secondary N) is 1. The Kier molecular flexibility index (Phi) is 4.20. The highest BCUT2D eigenvalue weighted by Gasteiger charge is 2.27. The number of nitrogens with zero attached hydrogens (tertiary/aromatic N) is 2. The van der Waals surface area contributed by atoms with Gasteiger partial charge in [0.05, 0.1) is 10.9 Å². The van der Waals surface area contributed by atoms with E-state index in [0.29, 0.717) is 36.1 Å². The predicted octanol–water partition coefficient (Wildman–Crippen LogP) is 1.40. The normalized spacial score (nSPS) is 19.4. The average Bonchev–Trinajstić information content (AvgIpc) is 2.53. The maximum absolute atomic E-state index is 12.0. The van der Waals surface area contributed by atoms with Crippen LogP contribution < -0.4 is 5.56 Å². The van der Waals surface area contributed by atoms with Crippen molar-refractivity contribution in [3.05, 3.63) is 40.4 Å². The summed E-state index contributed by atoms with van der Waals surface area (Å²) in [6.45, 7) is 1.38. The fourth-order valence-electron chi connectivity index (χ4n) is 3.04. The SMILES string of the molecule is O=C(O)C1CCCCN1CCc1nc2ccccc2c(=O)[nH]1. The van der Waals surface area contributed by atoms with Gasteiger partial charge in [-0.05, 0) is 31.5 Å².